The molecule has 18 heavy (non-hydrogen) atoms. The van der Waals surface area contributed by atoms with Crippen LogP contribution in [-0.4, -0.2) is 26.9 Å². The molecule has 0 amide bonds. The van der Waals surface area contributed by atoms with Gasteiger partial charge in [-0.3, -0.25) is 11.3 Å². The lowest BCUT2D eigenvalue weighted by Gasteiger charge is -2.19. The number of hydrogen-bond donors (Lipinski definition) is 2. The number of nitrogens with one attached hydrogen (secondary N) is 1. The van der Waals surface area contributed by atoms with E-state index in [4.69, 9.17) is 20.1 Å². The van der Waals surface area contributed by atoms with Crippen molar-refractivity contribution in [3.05, 3.63) is 23.8 Å². The molecule has 3 N–H and O–H groups in total. The average Bonchev–Trinajstić information content (AvgIpc) is 2.38. The van der Waals surface area contributed by atoms with Crippen LogP contribution in [0.3, 0.4) is 0 Å². The van der Waals surface area contributed by atoms with Crippen molar-refractivity contribution in [1.82, 2.24) is 5.43 Å². The molecule has 5 heteroatoms. The van der Waals surface area contributed by atoms with Gasteiger partial charge in [-0.15, -0.1) is 0 Å². The van der Waals surface area contributed by atoms with Crippen LogP contribution in [0.4, 0.5) is 0 Å². The third kappa shape index (κ3) is 3.87. The van der Waals surface area contributed by atoms with Crippen LogP contribution in [0.1, 0.15) is 25.5 Å². The molecule has 0 aliphatic rings. The highest BCUT2D eigenvalue weighted by Gasteiger charge is 2.13. The van der Waals surface area contributed by atoms with Gasteiger partial charge in [0.15, 0.2) is 11.5 Å². The van der Waals surface area contributed by atoms with Crippen molar-refractivity contribution < 1.29 is 14.2 Å². The molecule has 1 unspecified atom stereocenters. The molecule has 0 aliphatic carbocycles. The van der Waals surface area contributed by atoms with Crippen molar-refractivity contribution in [2.24, 2.45) is 5.84 Å². The number of ether oxygens (including phenoxy) is 3. The molecule has 102 valence electrons. The van der Waals surface area contributed by atoms with Crippen molar-refractivity contribution >= 4 is 0 Å². The molecule has 0 spiro atoms. The Labute approximate surface area is 108 Å². The van der Waals surface area contributed by atoms with E-state index in [1.165, 1.54) is 0 Å². The van der Waals surface area contributed by atoms with Gasteiger partial charge in [0.05, 0.1) is 33.0 Å². The summed E-state index contributed by atoms with van der Waals surface area (Å²) in [6.45, 7) is 4.48. The van der Waals surface area contributed by atoms with E-state index in [9.17, 15) is 0 Å². The van der Waals surface area contributed by atoms with E-state index >= 15 is 0 Å². The molecular formula is C13H22N2O3. The Bertz CT molecular complexity index is 369. The van der Waals surface area contributed by atoms with E-state index in [-0.39, 0.29) is 12.1 Å². The molecule has 1 atom stereocenters. The molecule has 0 heterocycles. The van der Waals surface area contributed by atoms with Crippen LogP contribution in [0.5, 0.6) is 11.5 Å². The first kappa shape index (κ1) is 14.8. The van der Waals surface area contributed by atoms with Crippen LogP contribution in [-0.2, 0) is 4.74 Å². The summed E-state index contributed by atoms with van der Waals surface area (Å²) in [5.41, 5.74) is 3.74. The lowest BCUT2D eigenvalue weighted by Crippen LogP contribution is -2.32. The summed E-state index contributed by atoms with van der Waals surface area (Å²) in [6, 6.07) is 5.61. The molecular weight excluding hydrogens is 232 g/mol. The predicted octanol–water partition coefficient (Wildman–Crippen LogP) is 1.63. The van der Waals surface area contributed by atoms with Gasteiger partial charge in [0.1, 0.15) is 0 Å². The van der Waals surface area contributed by atoms with Crippen LogP contribution in [0.25, 0.3) is 0 Å². The van der Waals surface area contributed by atoms with E-state index in [2.05, 4.69) is 5.43 Å². The number of nitrogens with two attached hydrogens (primary N) is 1. The van der Waals surface area contributed by atoms with Gasteiger partial charge in [-0.05, 0) is 31.5 Å². The summed E-state index contributed by atoms with van der Waals surface area (Å²) in [5.74, 6) is 6.93. The molecule has 0 fully saturated rings. The predicted molar refractivity (Wildman–Crippen MR) is 70.7 cm³/mol. The lowest BCUT2D eigenvalue weighted by atomic mass is 10.1. The van der Waals surface area contributed by atoms with E-state index in [0.717, 1.165) is 5.56 Å². The number of rotatable bonds is 7. The van der Waals surface area contributed by atoms with Crippen LogP contribution in [0.15, 0.2) is 18.2 Å². The minimum Gasteiger partial charge on any atom is -0.493 e. The fraction of sp³-hybridized carbons (Fsp3) is 0.538. The minimum atomic E-state index is -0.0767. The zero-order valence-corrected chi connectivity index (χ0v) is 11.4. The van der Waals surface area contributed by atoms with E-state index in [1.54, 1.807) is 14.2 Å². The summed E-state index contributed by atoms with van der Waals surface area (Å²) >= 11 is 0. The maximum Gasteiger partial charge on any atom is 0.161 e. The Balaban J connectivity index is 2.85. The molecule has 0 aliphatic heterocycles. The third-order valence-corrected chi connectivity index (χ3v) is 2.61. The second kappa shape index (κ2) is 7.20. The van der Waals surface area contributed by atoms with Gasteiger partial charge >= 0.3 is 0 Å². The Morgan fingerprint density at radius 1 is 1.17 bits per heavy atom. The Hall–Kier alpha value is -1.30. The summed E-state index contributed by atoms with van der Waals surface area (Å²) < 4.78 is 16.0. The molecule has 1 aromatic rings. The highest BCUT2D eigenvalue weighted by Crippen LogP contribution is 2.29. The van der Waals surface area contributed by atoms with Crippen molar-refractivity contribution in [1.29, 1.82) is 0 Å². The van der Waals surface area contributed by atoms with Crippen LogP contribution in [0.2, 0.25) is 0 Å². The van der Waals surface area contributed by atoms with Gasteiger partial charge in [-0.25, -0.2) is 0 Å². The number of methoxy groups -OCH3 is 2. The van der Waals surface area contributed by atoms with E-state index < -0.39 is 0 Å². The topological polar surface area (TPSA) is 65.7 Å². The van der Waals surface area contributed by atoms with Gasteiger partial charge in [0, 0.05) is 0 Å². The van der Waals surface area contributed by atoms with Crippen molar-refractivity contribution in [3.63, 3.8) is 0 Å². The first-order chi connectivity index (χ1) is 8.62. The minimum absolute atomic E-state index is 0.0767. The summed E-state index contributed by atoms with van der Waals surface area (Å²) in [6.07, 6.45) is 0.168. The van der Waals surface area contributed by atoms with Crippen molar-refractivity contribution in [3.8, 4) is 11.5 Å². The Morgan fingerprint density at radius 3 is 2.33 bits per heavy atom. The summed E-state index contributed by atoms with van der Waals surface area (Å²) in [5, 5.41) is 0. The van der Waals surface area contributed by atoms with Gasteiger partial charge < -0.3 is 14.2 Å². The second-order valence-electron chi connectivity index (χ2n) is 4.22. The zero-order valence-electron chi connectivity index (χ0n) is 11.4. The average molecular weight is 254 g/mol. The second-order valence-corrected chi connectivity index (χ2v) is 4.22. The zero-order chi connectivity index (χ0) is 13.5. The van der Waals surface area contributed by atoms with Crippen LogP contribution in [0, 0.1) is 0 Å². The Morgan fingerprint density at radius 2 is 1.83 bits per heavy atom. The van der Waals surface area contributed by atoms with Gasteiger partial charge in [0.25, 0.3) is 0 Å². The van der Waals surface area contributed by atoms with E-state index in [0.29, 0.717) is 18.1 Å². The molecule has 0 bridgehead atoms. The smallest absolute Gasteiger partial charge is 0.161 e. The third-order valence-electron chi connectivity index (χ3n) is 2.61. The fourth-order valence-corrected chi connectivity index (χ4v) is 1.60. The first-order valence-electron chi connectivity index (χ1n) is 5.92. The molecule has 1 aromatic carbocycles. The molecule has 1 rings (SSSR count). The molecule has 0 saturated heterocycles. The molecule has 5 nitrogen and oxygen atoms in total. The van der Waals surface area contributed by atoms with Crippen LogP contribution >= 0.6 is 0 Å². The molecule has 0 saturated carbocycles. The highest BCUT2D eigenvalue weighted by molar-refractivity contribution is 5.43. The lowest BCUT2D eigenvalue weighted by molar-refractivity contribution is 0.0611. The van der Waals surface area contributed by atoms with Gasteiger partial charge in [-0.2, -0.15) is 0 Å². The maximum absolute atomic E-state index is 5.56. The van der Waals surface area contributed by atoms with Gasteiger partial charge in [-0.1, -0.05) is 6.07 Å². The largest absolute Gasteiger partial charge is 0.493 e. The van der Waals surface area contributed by atoms with Crippen molar-refractivity contribution in [2.45, 2.75) is 26.0 Å². The normalized spacial score (nSPS) is 12.6. The highest BCUT2D eigenvalue weighted by atomic mass is 16.5. The molecule has 0 radical (unpaired) electrons. The SMILES string of the molecule is COc1ccc(C(COC(C)C)NN)cc1OC. The molecule has 0 aromatic heterocycles. The first-order valence-corrected chi connectivity index (χ1v) is 5.92. The maximum atomic E-state index is 5.56. The number of hydrogen-bond acceptors (Lipinski definition) is 5. The monoisotopic (exact) mass is 254 g/mol. The Kier molecular flexibility index (Phi) is 5.91. The van der Waals surface area contributed by atoms with Crippen molar-refractivity contribution in [2.75, 3.05) is 20.8 Å². The quantitative estimate of drug-likeness (QED) is 0.572. The van der Waals surface area contributed by atoms with E-state index in [1.807, 2.05) is 32.0 Å². The van der Waals surface area contributed by atoms with Gasteiger partial charge in [0.2, 0.25) is 0 Å². The number of benzene rings is 1. The van der Waals surface area contributed by atoms with Crippen LogP contribution < -0.4 is 20.7 Å². The standard InChI is InChI=1S/C13H22N2O3/c1-9(2)18-8-11(15-14)10-5-6-12(16-3)13(7-10)17-4/h5-7,9,11,15H,8,14H2,1-4H3. The number of hydrazine groups is 1. The summed E-state index contributed by atoms with van der Waals surface area (Å²) in [7, 11) is 3.22. The fourth-order valence-electron chi connectivity index (χ4n) is 1.60. The summed E-state index contributed by atoms with van der Waals surface area (Å²) in [4.78, 5) is 0.